The molecule has 1 aromatic rings. The van der Waals surface area contributed by atoms with Gasteiger partial charge in [-0.05, 0) is 11.6 Å². The van der Waals surface area contributed by atoms with Crippen molar-refractivity contribution in [3.63, 3.8) is 0 Å². The number of rotatable bonds is 3. The molecule has 0 unspecified atom stereocenters. The van der Waals surface area contributed by atoms with Gasteiger partial charge in [0.05, 0.1) is 5.56 Å². The number of hydrogen-bond donors (Lipinski definition) is 3. The van der Waals surface area contributed by atoms with E-state index < -0.39 is 11.7 Å². The molecule has 0 aromatic heterocycles. The number of azide groups is 1. The molecule has 18 heavy (non-hydrogen) atoms. The Hall–Kier alpha value is -2.84. The van der Waals surface area contributed by atoms with E-state index in [1.807, 2.05) is 0 Å². The predicted molar refractivity (Wildman–Crippen MR) is 62.2 cm³/mol. The molecule has 7 heteroatoms. The molecule has 0 aliphatic heterocycles. The first kappa shape index (κ1) is 13.2. The van der Waals surface area contributed by atoms with Crippen LogP contribution >= 0.6 is 0 Å². The Morgan fingerprint density at radius 3 is 2.72 bits per heavy atom. The highest BCUT2D eigenvalue weighted by Crippen LogP contribution is 2.26. The number of hydrogen-bond acceptors (Lipinski definition) is 4. The summed E-state index contributed by atoms with van der Waals surface area (Å²) in [5.74, 6) is 3.00. The Morgan fingerprint density at radius 2 is 2.11 bits per heavy atom. The number of carbonyl (C=O) groups is 1. The van der Waals surface area contributed by atoms with E-state index in [0.29, 0.717) is 0 Å². The Balaban J connectivity index is 2.98. The lowest BCUT2D eigenvalue weighted by atomic mass is 10.1. The van der Waals surface area contributed by atoms with Crippen LogP contribution in [0.4, 0.5) is 0 Å². The molecule has 3 N–H and O–H groups in total. The molecule has 0 radical (unpaired) electrons. The van der Waals surface area contributed by atoms with Crippen molar-refractivity contribution in [1.82, 2.24) is 0 Å². The summed E-state index contributed by atoms with van der Waals surface area (Å²) in [4.78, 5) is 13.3. The Kier molecular flexibility index (Phi) is 4.43. The van der Waals surface area contributed by atoms with Crippen molar-refractivity contribution in [3.05, 3.63) is 33.7 Å². The third-order valence-electron chi connectivity index (χ3n) is 1.97. The summed E-state index contributed by atoms with van der Waals surface area (Å²) in [6.45, 7) is 0.189. The monoisotopic (exact) mass is 247 g/mol. The van der Waals surface area contributed by atoms with Gasteiger partial charge in [-0.1, -0.05) is 17.0 Å². The van der Waals surface area contributed by atoms with Gasteiger partial charge in [0.15, 0.2) is 0 Å². The van der Waals surface area contributed by atoms with Crippen LogP contribution in [0.5, 0.6) is 11.5 Å². The Bertz CT molecular complexity index is 580. The highest BCUT2D eigenvalue weighted by molar-refractivity contribution is 5.91. The zero-order valence-corrected chi connectivity index (χ0v) is 9.16. The van der Waals surface area contributed by atoms with E-state index in [1.165, 1.54) is 0 Å². The number of aromatic carboxylic acids is 1. The standard InChI is InChI=1S/C11H9N3O4/c12-14-13-4-2-1-3-7-5-8(11(17)18)10(16)6-9(7)15/h5-6,15-16H,2,4H2,(H,17,18). The summed E-state index contributed by atoms with van der Waals surface area (Å²) in [6.07, 6.45) is 0.285. The lowest BCUT2D eigenvalue weighted by Crippen LogP contribution is -1.97. The largest absolute Gasteiger partial charge is 0.507 e. The van der Waals surface area contributed by atoms with Crippen LogP contribution in [0.15, 0.2) is 17.2 Å². The third-order valence-corrected chi connectivity index (χ3v) is 1.97. The quantitative estimate of drug-likeness (QED) is 0.247. The number of aromatic hydroxyl groups is 2. The molecular formula is C11H9N3O4. The second-order valence-electron chi connectivity index (χ2n) is 3.20. The zero-order chi connectivity index (χ0) is 13.5. The maximum Gasteiger partial charge on any atom is 0.339 e. The molecule has 1 rings (SSSR count). The van der Waals surface area contributed by atoms with Crippen LogP contribution in [0.1, 0.15) is 22.3 Å². The van der Waals surface area contributed by atoms with Gasteiger partial charge in [-0.3, -0.25) is 0 Å². The normalized spacial score (nSPS) is 8.89. The van der Waals surface area contributed by atoms with Gasteiger partial charge in [0.2, 0.25) is 0 Å². The number of carboxylic acids is 1. The Morgan fingerprint density at radius 1 is 1.39 bits per heavy atom. The SMILES string of the molecule is [N-]=[N+]=NCCC#Cc1cc(C(=O)O)c(O)cc1O. The Labute approximate surface area is 102 Å². The van der Waals surface area contributed by atoms with Gasteiger partial charge in [0.1, 0.15) is 17.1 Å². The molecule has 92 valence electrons. The van der Waals surface area contributed by atoms with Crippen molar-refractivity contribution in [1.29, 1.82) is 0 Å². The van der Waals surface area contributed by atoms with Crippen molar-refractivity contribution in [2.24, 2.45) is 5.11 Å². The van der Waals surface area contributed by atoms with Gasteiger partial charge in [-0.2, -0.15) is 0 Å². The molecule has 0 atom stereocenters. The van der Waals surface area contributed by atoms with Gasteiger partial charge in [0, 0.05) is 23.9 Å². The van der Waals surface area contributed by atoms with Crippen LogP contribution in [0, 0.1) is 11.8 Å². The van der Waals surface area contributed by atoms with E-state index in [2.05, 4.69) is 21.9 Å². The van der Waals surface area contributed by atoms with Crippen molar-refractivity contribution in [2.75, 3.05) is 6.54 Å². The average molecular weight is 247 g/mol. The van der Waals surface area contributed by atoms with Crippen LogP contribution in [-0.2, 0) is 0 Å². The predicted octanol–water partition coefficient (Wildman–Crippen LogP) is 1.85. The lowest BCUT2D eigenvalue weighted by Gasteiger charge is -2.02. The first-order chi connectivity index (χ1) is 8.56. The molecular weight excluding hydrogens is 238 g/mol. The van der Waals surface area contributed by atoms with E-state index in [4.69, 9.17) is 10.6 Å². The number of carboxylic acid groups (broad SMARTS) is 1. The maximum atomic E-state index is 10.8. The van der Waals surface area contributed by atoms with Crippen LogP contribution in [0.2, 0.25) is 0 Å². The molecule has 7 nitrogen and oxygen atoms in total. The molecule has 0 spiro atoms. The van der Waals surface area contributed by atoms with Gasteiger partial charge in [-0.15, -0.1) is 0 Å². The van der Waals surface area contributed by atoms with Crippen LogP contribution in [0.3, 0.4) is 0 Å². The van der Waals surface area contributed by atoms with Gasteiger partial charge >= 0.3 is 5.97 Å². The molecule has 0 heterocycles. The van der Waals surface area contributed by atoms with Crippen molar-refractivity contribution in [3.8, 4) is 23.3 Å². The topological polar surface area (TPSA) is 127 Å². The summed E-state index contributed by atoms with van der Waals surface area (Å²) in [5, 5.41) is 30.8. The zero-order valence-electron chi connectivity index (χ0n) is 9.16. The highest BCUT2D eigenvalue weighted by Gasteiger charge is 2.12. The lowest BCUT2D eigenvalue weighted by molar-refractivity contribution is 0.0693. The number of phenolic OH excluding ortho intramolecular Hbond substituents is 1. The molecule has 0 bridgehead atoms. The average Bonchev–Trinajstić information content (AvgIpc) is 2.30. The number of benzene rings is 1. The van der Waals surface area contributed by atoms with Crippen LogP contribution in [-0.4, -0.2) is 27.8 Å². The second kappa shape index (κ2) is 6.03. The minimum atomic E-state index is -1.32. The van der Waals surface area contributed by atoms with E-state index >= 15 is 0 Å². The van der Waals surface area contributed by atoms with E-state index in [-0.39, 0.29) is 29.8 Å². The maximum absolute atomic E-state index is 10.8. The van der Waals surface area contributed by atoms with Crippen molar-refractivity contribution < 1.29 is 20.1 Å². The van der Waals surface area contributed by atoms with E-state index in [9.17, 15) is 15.0 Å². The van der Waals surface area contributed by atoms with Crippen LogP contribution < -0.4 is 0 Å². The smallest absolute Gasteiger partial charge is 0.339 e. The fraction of sp³-hybridized carbons (Fsp3) is 0.182. The summed E-state index contributed by atoms with van der Waals surface area (Å²) in [7, 11) is 0. The summed E-state index contributed by atoms with van der Waals surface area (Å²) >= 11 is 0. The summed E-state index contributed by atoms with van der Waals surface area (Å²) in [5.41, 5.74) is 7.78. The van der Waals surface area contributed by atoms with Gasteiger partial charge < -0.3 is 15.3 Å². The molecule has 0 aliphatic rings. The molecule has 1 aromatic carbocycles. The number of nitrogens with zero attached hydrogens (tertiary/aromatic N) is 3. The third kappa shape index (κ3) is 3.33. The summed E-state index contributed by atoms with van der Waals surface area (Å²) in [6, 6.07) is 1.99. The first-order valence-electron chi connectivity index (χ1n) is 4.85. The number of phenols is 2. The molecule has 0 saturated carbocycles. The van der Waals surface area contributed by atoms with Crippen molar-refractivity contribution in [2.45, 2.75) is 6.42 Å². The molecule has 0 amide bonds. The fourth-order valence-corrected chi connectivity index (χ4v) is 1.16. The first-order valence-corrected chi connectivity index (χ1v) is 4.85. The van der Waals surface area contributed by atoms with E-state index in [0.717, 1.165) is 12.1 Å². The second-order valence-corrected chi connectivity index (χ2v) is 3.20. The minimum Gasteiger partial charge on any atom is -0.507 e. The van der Waals surface area contributed by atoms with Crippen molar-refractivity contribution >= 4 is 5.97 Å². The molecule has 0 aliphatic carbocycles. The van der Waals surface area contributed by atoms with Crippen LogP contribution in [0.25, 0.3) is 10.4 Å². The minimum absolute atomic E-state index is 0.0890. The molecule has 0 saturated heterocycles. The van der Waals surface area contributed by atoms with Gasteiger partial charge in [0.25, 0.3) is 0 Å². The van der Waals surface area contributed by atoms with Gasteiger partial charge in [-0.25, -0.2) is 4.79 Å². The fourth-order valence-electron chi connectivity index (χ4n) is 1.16. The van der Waals surface area contributed by atoms with E-state index in [1.54, 1.807) is 0 Å². The molecule has 0 fully saturated rings. The summed E-state index contributed by atoms with van der Waals surface area (Å²) < 4.78 is 0. The highest BCUT2D eigenvalue weighted by atomic mass is 16.4.